The van der Waals surface area contributed by atoms with Gasteiger partial charge in [0.1, 0.15) is 0 Å². The molecule has 0 heterocycles. The van der Waals surface area contributed by atoms with Gasteiger partial charge < -0.3 is 10.2 Å². The van der Waals surface area contributed by atoms with Gasteiger partial charge in [-0.05, 0) is 44.5 Å². The fourth-order valence-electron chi connectivity index (χ4n) is 3.06. The summed E-state index contributed by atoms with van der Waals surface area (Å²) in [5.41, 5.74) is 0. The van der Waals surface area contributed by atoms with Crippen molar-refractivity contribution in [2.45, 2.75) is 50.8 Å². The van der Waals surface area contributed by atoms with Crippen molar-refractivity contribution in [3.05, 3.63) is 30.3 Å². The van der Waals surface area contributed by atoms with Gasteiger partial charge >= 0.3 is 0 Å². The van der Waals surface area contributed by atoms with E-state index >= 15 is 0 Å². The second-order valence-corrected chi connectivity index (χ2v) is 9.84. The highest BCUT2D eigenvalue weighted by Gasteiger charge is 2.28. The summed E-state index contributed by atoms with van der Waals surface area (Å²) < 4.78 is 27.4. The van der Waals surface area contributed by atoms with Crippen LogP contribution >= 0.6 is 12.6 Å². The minimum Gasteiger partial charge on any atom is -0.349 e. The number of hydrogen-bond acceptors (Lipinski definition) is 6. The van der Waals surface area contributed by atoms with Gasteiger partial charge in [-0.3, -0.25) is 9.59 Å². The molecule has 0 radical (unpaired) electrons. The third-order valence-corrected chi connectivity index (χ3v) is 6.96. The molecule has 1 rings (SSSR count). The molecule has 0 aliphatic rings. The number of Topliss-reactive ketones (excluding diaryl/α,β-unsaturated/α-hetero) is 1. The van der Waals surface area contributed by atoms with E-state index < -0.39 is 28.3 Å². The van der Waals surface area contributed by atoms with Crippen molar-refractivity contribution >= 4 is 34.3 Å². The van der Waals surface area contributed by atoms with E-state index in [2.05, 4.69) is 29.8 Å². The van der Waals surface area contributed by atoms with E-state index in [1.54, 1.807) is 18.2 Å². The van der Waals surface area contributed by atoms with Crippen LogP contribution in [0.25, 0.3) is 0 Å². The Labute approximate surface area is 193 Å². The molecule has 176 valence electrons. The maximum atomic E-state index is 13.1. The first-order valence-electron chi connectivity index (χ1n) is 11.1. The second kappa shape index (κ2) is 15.4. The third-order valence-electron chi connectivity index (χ3n) is 4.90. The molecule has 0 fully saturated rings. The van der Waals surface area contributed by atoms with Crippen LogP contribution in [0.1, 0.15) is 46.0 Å². The summed E-state index contributed by atoms with van der Waals surface area (Å²) >= 11 is 4.30. The molecule has 1 aromatic rings. The first kappa shape index (κ1) is 27.6. The van der Waals surface area contributed by atoms with Gasteiger partial charge in [0.05, 0.1) is 11.4 Å². The predicted octanol–water partition coefficient (Wildman–Crippen LogP) is 2.58. The molecule has 0 aliphatic carbocycles. The van der Waals surface area contributed by atoms with Crippen LogP contribution in [-0.4, -0.2) is 74.3 Å². The van der Waals surface area contributed by atoms with Crippen molar-refractivity contribution in [3.63, 3.8) is 0 Å². The number of carbonyl (C=O) groups is 2. The number of hydrogen-bond donors (Lipinski definition) is 2. The van der Waals surface area contributed by atoms with Gasteiger partial charge in [-0.1, -0.05) is 44.9 Å². The molecule has 0 atom stereocenters. The molecule has 7 nitrogen and oxygen atoms in total. The maximum absolute atomic E-state index is 13.1. The smallest absolute Gasteiger partial charge is 0.288 e. The normalized spacial score (nSPS) is 11.8. The molecular weight excluding hydrogens is 434 g/mol. The topological polar surface area (TPSA) is 86.8 Å². The summed E-state index contributed by atoms with van der Waals surface area (Å²) in [6.45, 7) is 6.69. The Morgan fingerprint density at radius 1 is 0.935 bits per heavy atom. The average molecular weight is 472 g/mol. The number of rotatable bonds is 17. The quantitative estimate of drug-likeness (QED) is 0.207. The Kier molecular flexibility index (Phi) is 13.7. The van der Waals surface area contributed by atoms with Crippen molar-refractivity contribution in [1.29, 1.82) is 0 Å². The molecule has 9 heteroatoms. The first-order chi connectivity index (χ1) is 14.9. The van der Waals surface area contributed by atoms with Crippen LogP contribution in [0.4, 0.5) is 0 Å². The summed E-state index contributed by atoms with van der Waals surface area (Å²) in [7, 11) is -3.88. The van der Waals surface area contributed by atoms with Gasteiger partial charge in [0.2, 0.25) is 15.8 Å². The maximum Gasteiger partial charge on any atom is 0.288 e. The Hall–Kier alpha value is -1.42. The third kappa shape index (κ3) is 10.2. The van der Waals surface area contributed by atoms with Gasteiger partial charge in [0.15, 0.2) is 0 Å². The number of nitrogens with one attached hydrogen (secondary N) is 1. The van der Waals surface area contributed by atoms with Gasteiger partial charge in [-0.2, -0.15) is 16.9 Å². The molecular formula is C22H37N3O4S2. The molecule has 1 amide bonds. The molecule has 31 heavy (non-hydrogen) atoms. The number of carbonyl (C=O) groups excluding carboxylic acids is 2. The number of nitrogens with zero attached hydrogens (tertiary/aromatic N) is 2. The standard InChI is InChI=1S/C22H37N3O4S2/c1-3-5-13-23-22(27)21(26)19-25(31(28,29)20-11-8-7-9-12-20)16-10-15-24(17-18-30)14-6-4-2/h7-9,11-12,30H,3-6,10,13-19H2,1-2H3,(H,23,27). The fraction of sp³-hybridized carbons (Fsp3) is 0.636. The summed E-state index contributed by atoms with van der Waals surface area (Å²) in [6.07, 6.45) is 4.37. The molecule has 0 bridgehead atoms. The largest absolute Gasteiger partial charge is 0.349 e. The summed E-state index contributed by atoms with van der Waals surface area (Å²) in [5, 5.41) is 2.57. The van der Waals surface area contributed by atoms with Crippen molar-refractivity contribution in [3.8, 4) is 0 Å². The van der Waals surface area contributed by atoms with E-state index in [1.165, 1.54) is 12.1 Å². The number of benzene rings is 1. The van der Waals surface area contributed by atoms with Crippen molar-refractivity contribution < 1.29 is 18.0 Å². The van der Waals surface area contributed by atoms with Crippen LogP contribution in [0.2, 0.25) is 0 Å². The molecule has 1 aromatic carbocycles. The monoisotopic (exact) mass is 471 g/mol. The molecule has 1 N–H and O–H groups in total. The lowest BCUT2D eigenvalue weighted by Crippen LogP contribution is -2.43. The number of amides is 1. The van der Waals surface area contributed by atoms with E-state index in [9.17, 15) is 18.0 Å². The van der Waals surface area contributed by atoms with Crippen molar-refractivity contribution in [1.82, 2.24) is 14.5 Å². The van der Waals surface area contributed by atoms with Crippen LogP contribution < -0.4 is 5.32 Å². The number of sulfonamides is 1. The molecule has 0 unspecified atom stereocenters. The Morgan fingerprint density at radius 2 is 1.58 bits per heavy atom. The van der Waals surface area contributed by atoms with Crippen LogP contribution in [-0.2, 0) is 19.6 Å². The van der Waals surface area contributed by atoms with Crippen LogP contribution in [0.15, 0.2) is 35.2 Å². The van der Waals surface area contributed by atoms with Crippen LogP contribution in [0.5, 0.6) is 0 Å². The zero-order valence-electron chi connectivity index (χ0n) is 18.8. The minimum absolute atomic E-state index is 0.118. The van der Waals surface area contributed by atoms with E-state index in [1.807, 2.05) is 6.92 Å². The SMILES string of the molecule is CCCCNC(=O)C(=O)CN(CCCN(CCS)CCCC)S(=O)(=O)c1ccccc1. The molecule has 0 spiro atoms. The summed E-state index contributed by atoms with van der Waals surface area (Å²) in [4.78, 5) is 26.9. The lowest BCUT2D eigenvalue weighted by molar-refractivity contribution is -0.138. The highest BCUT2D eigenvalue weighted by molar-refractivity contribution is 7.89. The summed E-state index contributed by atoms with van der Waals surface area (Å²) in [5.74, 6) is -0.748. The van der Waals surface area contributed by atoms with E-state index in [0.717, 1.165) is 48.8 Å². The Morgan fingerprint density at radius 3 is 2.19 bits per heavy atom. The fourth-order valence-corrected chi connectivity index (χ4v) is 4.80. The lowest BCUT2D eigenvalue weighted by atomic mass is 10.3. The molecule has 0 aliphatic heterocycles. The Bertz CT molecular complexity index is 757. The van der Waals surface area contributed by atoms with Gasteiger partial charge in [0, 0.05) is 25.4 Å². The number of thiol groups is 1. The zero-order chi connectivity index (χ0) is 23.1. The van der Waals surface area contributed by atoms with E-state index in [0.29, 0.717) is 19.5 Å². The lowest BCUT2D eigenvalue weighted by Gasteiger charge is -2.25. The van der Waals surface area contributed by atoms with Crippen LogP contribution in [0, 0.1) is 0 Å². The average Bonchev–Trinajstić information content (AvgIpc) is 2.77. The van der Waals surface area contributed by atoms with Crippen LogP contribution in [0.3, 0.4) is 0 Å². The van der Waals surface area contributed by atoms with Gasteiger partial charge in [-0.15, -0.1) is 0 Å². The van der Waals surface area contributed by atoms with Crippen molar-refractivity contribution in [2.24, 2.45) is 0 Å². The highest BCUT2D eigenvalue weighted by atomic mass is 32.2. The second-order valence-electron chi connectivity index (χ2n) is 7.46. The predicted molar refractivity (Wildman–Crippen MR) is 128 cm³/mol. The van der Waals surface area contributed by atoms with Gasteiger partial charge in [0.25, 0.3) is 5.91 Å². The zero-order valence-corrected chi connectivity index (χ0v) is 20.5. The molecule has 0 saturated carbocycles. The van der Waals surface area contributed by atoms with E-state index in [-0.39, 0.29) is 11.4 Å². The van der Waals surface area contributed by atoms with Crippen molar-refractivity contribution in [2.75, 3.05) is 45.0 Å². The number of ketones is 1. The molecule has 0 aromatic heterocycles. The summed E-state index contributed by atoms with van der Waals surface area (Å²) in [6, 6.07) is 8.02. The Balaban J connectivity index is 2.87. The highest BCUT2D eigenvalue weighted by Crippen LogP contribution is 2.16. The number of unbranched alkanes of at least 4 members (excludes halogenated alkanes) is 2. The first-order valence-corrected chi connectivity index (χ1v) is 13.1. The molecule has 0 saturated heterocycles. The van der Waals surface area contributed by atoms with E-state index in [4.69, 9.17) is 0 Å². The minimum atomic E-state index is -3.88. The van der Waals surface area contributed by atoms with Gasteiger partial charge in [-0.25, -0.2) is 8.42 Å².